The molecule has 3 atom stereocenters. The fraction of sp³-hybridized carbons (Fsp3) is 0.812. The highest BCUT2D eigenvalue weighted by Crippen LogP contribution is 2.22. The highest BCUT2D eigenvalue weighted by atomic mass is 32.2. The Morgan fingerprint density at radius 3 is 2.43 bits per heavy atom. The fourth-order valence-corrected chi connectivity index (χ4v) is 4.94. The SMILES string of the molecule is Cc1cc(C)n(CC(C)CNS(=O)(=O)N2CC(C)CC(C)C2)n1. The summed E-state index contributed by atoms with van der Waals surface area (Å²) < 4.78 is 31.3. The van der Waals surface area contributed by atoms with Crippen LogP contribution in [0.3, 0.4) is 0 Å². The molecule has 0 aromatic carbocycles. The van der Waals surface area contributed by atoms with Gasteiger partial charge in [-0.1, -0.05) is 20.8 Å². The van der Waals surface area contributed by atoms with E-state index in [1.165, 1.54) is 0 Å². The van der Waals surface area contributed by atoms with Gasteiger partial charge in [-0.3, -0.25) is 4.68 Å². The molecule has 0 saturated carbocycles. The van der Waals surface area contributed by atoms with Crippen molar-refractivity contribution >= 4 is 10.2 Å². The van der Waals surface area contributed by atoms with Gasteiger partial charge in [0.1, 0.15) is 0 Å². The lowest BCUT2D eigenvalue weighted by Gasteiger charge is -2.34. The van der Waals surface area contributed by atoms with Gasteiger partial charge in [0.15, 0.2) is 0 Å². The van der Waals surface area contributed by atoms with Crippen molar-refractivity contribution < 1.29 is 8.42 Å². The second kappa shape index (κ2) is 7.32. The summed E-state index contributed by atoms with van der Waals surface area (Å²) in [5.74, 6) is 1.02. The predicted molar refractivity (Wildman–Crippen MR) is 92.3 cm³/mol. The van der Waals surface area contributed by atoms with Crippen LogP contribution < -0.4 is 4.72 Å². The zero-order chi connectivity index (χ0) is 17.2. The number of nitrogens with zero attached hydrogens (tertiary/aromatic N) is 3. The first-order valence-corrected chi connectivity index (χ1v) is 9.87. The number of piperidine rings is 1. The Hall–Kier alpha value is -0.920. The summed E-state index contributed by atoms with van der Waals surface area (Å²) in [6.45, 7) is 12.6. The van der Waals surface area contributed by atoms with Gasteiger partial charge in [0.25, 0.3) is 10.2 Å². The normalized spacial score (nSPS) is 24.7. The first-order chi connectivity index (χ1) is 10.7. The maximum Gasteiger partial charge on any atom is 0.279 e. The van der Waals surface area contributed by atoms with Crippen LogP contribution in [0.1, 0.15) is 38.6 Å². The molecule has 1 fully saturated rings. The maximum atomic E-state index is 12.5. The Morgan fingerprint density at radius 1 is 1.30 bits per heavy atom. The third-order valence-corrected chi connectivity index (χ3v) is 5.89. The van der Waals surface area contributed by atoms with E-state index in [9.17, 15) is 8.42 Å². The Morgan fingerprint density at radius 2 is 1.91 bits per heavy atom. The molecule has 1 aliphatic rings. The molecule has 2 heterocycles. The second-order valence-corrected chi connectivity index (χ2v) is 9.09. The monoisotopic (exact) mass is 342 g/mol. The van der Waals surface area contributed by atoms with Gasteiger partial charge in [0, 0.05) is 31.9 Å². The highest BCUT2D eigenvalue weighted by Gasteiger charge is 2.30. The average molecular weight is 343 g/mol. The van der Waals surface area contributed by atoms with E-state index < -0.39 is 10.2 Å². The summed E-state index contributed by atoms with van der Waals surface area (Å²) in [5.41, 5.74) is 2.10. The molecule has 0 radical (unpaired) electrons. The number of aromatic nitrogens is 2. The van der Waals surface area contributed by atoms with Crippen LogP contribution in [0.15, 0.2) is 6.07 Å². The van der Waals surface area contributed by atoms with E-state index in [-0.39, 0.29) is 5.92 Å². The lowest BCUT2D eigenvalue weighted by molar-refractivity contribution is 0.220. The molecule has 0 aliphatic carbocycles. The van der Waals surface area contributed by atoms with E-state index in [1.54, 1.807) is 4.31 Å². The van der Waals surface area contributed by atoms with Gasteiger partial charge < -0.3 is 0 Å². The largest absolute Gasteiger partial charge is 0.279 e. The van der Waals surface area contributed by atoms with Crippen LogP contribution in [0.5, 0.6) is 0 Å². The van der Waals surface area contributed by atoms with Crippen LogP contribution in [0.25, 0.3) is 0 Å². The van der Waals surface area contributed by atoms with Crippen molar-refractivity contribution in [3.63, 3.8) is 0 Å². The van der Waals surface area contributed by atoms with Gasteiger partial charge >= 0.3 is 0 Å². The van der Waals surface area contributed by atoms with Gasteiger partial charge in [-0.05, 0) is 44.1 Å². The lowest BCUT2D eigenvalue weighted by atomic mass is 9.94. The average Bonchev–Trinajstić information content (AvgIpc) is 2.73. The van der Waals surface area contributed by atoms with E-state index in [0.717, 1.165) is 24.4 Å². The molecule has 7 heteroatoms. The zero-order valence-corrected chi connectivity index (χ0v) is 15.7. The maximum absolute atomic E-state index is 12.5. The van der Waals surface area contributed by atoms with E-state index in [1.807, 2.05) is 31.5 Å². The molecule has 1 saturated heterocycles. The molecule has 2 rings (SSSR count). The van der Waals surface area contributed by atoms with E-state index >= 15 is 0 Å². The Balaban J connectivity index is 1.89. The van der Waals surface area contributed by atoms with Crippen LogP contribution in [-0.2, 0) is 16.8 Å². The van der Waals surface area contributed by atoms with Gasteiger partial charge in [0.05, 0.1) is 5.69 Å². The quantitative estimate of drug-likeness (QED) is 0.859. The second-order valence-electron chi connectivity index (χ2n) is 7.33. The molecular formula is C16H30N4O2S. The molecule has 3 unspecified atom stereocenters. The Bertz CT molecular complexity index is 616. The molecule has 1 aliphatic heterocycles. The molecule has 1 aromatic rings. The number of aryl methyl sites for hydroxylation is 2. The molecule has 1 N–H and O–H groups in total. The van der Waals surface area contributed by atoms with Crippen molar-refractivity contribution in [1.82, 2.24) is 18.8 Å². The number of hydrogen-bond donors (Lipinski definition) is 1. The van der Waals surface area contributed by atoms with E-state index in [0.29, 0.717) is 31.5 Å². The van der Waals surface area contributed by atoms with Crippen LogP contribution >= 0.6 is 0 Å². The van der Waals surface area contributed by atoms with Crippen LogP contribution in [0.2, 0.25) is 0 Å². The zero-order valence-electron chi connectivity index (χ0n) is 14.9. The lowest BCUT2D eigenvalue weighted by Crippen LogP contribution is -2.48. The van der Waals surface area contributed by atoms with Crippen LogP contribution in [0.4, 0.5) is 0 Å². The summed E-state index contributed by atoms with van der Waals surface area (Å²) >= 11 is 0. The van der Waals surface area contributed by atoms with Crippen molar-refractivity contribution in [2.75, 3.05) is 19.6 Å². The minimum Gasteiger partial charge on any atom is -0.269 e. The highest BCUT2D eigenvalue weighted by molar-refractivity contribution is 7.87. The number of rotatable bonds is 6. The van der Waals surface area contributed by atoms with Crippen molar-refractivity contribution in [3.05, 3.63) is 17.5 Å². The molecule has 0 spiro atoms. The molecule has 1 aromatic heterocycles. The molecule has 0 bridgehead atoms. The summed E-state index contributed by atoms with van der Waals surface area (Å²) in [6.07, 6.45) is 1.10. The topological polar surface area (TPSA) is 67.2 Å². The van der Waals surface area contributed by atoms with Crippen molar-refractivity contribution in [2.24, 2.45) is 17.8 Å². The van der Waals surface area contributed by atoms with Gasteiger partial charge in [0.2, 0.25) is 0 Å². The first kappa shape index (κ1) is 18.4. The smallest absolute Gasteiger partial charge is 0.269 e. The minimum absolute atomic E-state index is 0.183. The summed E-state index contributed by atoms with van der Waals surface area (Å²) in [6, 6.07) is 2.04. The van der Waals surface area contributed by atoms with Crippen molar-refractivity contribution in [1.29, 1.82) is 0 Å². The molecule has 0 amide bonds. The standard InChI is InChI=1S/C16H30N4O2S/c1-12-6-13(2)10-19(9-12)23(21,22)17-8-14(3)11-20-16(5)7-15(4)18-20/h7,12-14,17H,6,8-11H2,1-5H3. The van der Waals surface area contributed by atoms with Crippen LogP contribution in [-0.4, -0.2) is 42.1 Å². The minimum atomic E-state index is -3.39. The molecule has 132 valence electrons. The van der Waals surface area contributed by atoms with E-state index in [4.69, 9.17) is 0 Å². The van der Waals surface area contributed by atoms with Crippen molar-refractivity contribution in [2.45, 2.75) is 47.6 Å². The molecule has 6 nitrogen and oxygen atoms in total. The van der Waals surface area contributed by atoms with Gasteiger partial charge in [-0.15, -0.1) is 0 Å². The Kier molecular flexibility index (Phi) is 5.86. The van der Waals surface area contributed by atoms with Crippen molar-refractivity contribution in [3.8, 4) is 0 Å². The van der Waals surface area contributed by atoms with Gasteiger partial charge in [-0.25, -0.2) is 4.72 Å². The Labute approximate surface area is 140 Å². The molecule has 23 heavy (non-hydrogen) atoms. The third kappa shape index (κ3) is 5.02. The van der Waals surface area contributed by atoms with E-state index in [2.05, 4.69) is 23.7 Å². The summed E-state index contributed by atoms with van der Waals surface area (Å²) in [5, 5.41) is 4.43. The third-order valence-electron chi connectivity index (χ3n) is 4.38. The number of nitrogens with one attached hydrogen (secondary N) is 1. The predicted octanol–water partition coefficient (Wildman–Crippen LogP) is 1.95. The van der Waals surface area contributed by atoms with Crippen LogP contribution in [0, 0.1) is 31.6 Å². The molecular weight excluding hydrogens is 312 g/mol. The fourth-order valence-electron chi connectivity index (χ4n) is 3.36. The number of hydrogen-bond acceptors (Lipinski definition) is 3. The van der Waals surface area contributed by atoms with Gasteiger partial charge in [-0.2, -0.15) is 17.8 Å². The summed E-state index contributed by atoms with van der Waals surface area (Å²) in [4.78, 5) is 0. The summed E-state index contributed by atoms with van der Waals surface area (Å²) in [7, 11) is -3.39. The first-order valence-electron chi connectivity index (χ1n) is 8.43.